The first-order chi connectivity index (χ1) is 12.2. The van der Waals surface area contributed by atoms with Gasteiger partial charge in [0, 0.05) is 22.9 Å². The Balaban J connectivity index is 2.39. The Bertz CT molecular complexity index is 927. The van der Waals surface area contributed by atoms with Gasteiger partial charge >= 0.3 is 0 Å². The Kier molecular flexibility index (Phi) is 4.65. The van der Waals surface area contributed by atoms with Gasteiger partial charge in [-0.25, -0.2) is 0 Å². The molecule has 0 saturated heterocycles. The van der Waals surface area contributed by atoms with E-state index in [1.165, 1.54) is 0 Å². The molecule has 25 heavy (non-hydrogen) atoms. The predicted octanol–water partition coefficient (Wildman–Crippen LogP) is 3.91. The lowest BCUT2D eigenvalue weighted by molar-refractivity contribution is -0.107. The third kappa shape index (κ3) is 2.71. The number of aldehydes is 1. The van der Waals surface area contributed by atoms with Gasteiger partial charge in [0.2, 0.25) is 5.75 Å². The molecule has 3 rings (SSSR count). The van der Waals surface area contributed by atoms with Crippen LogP contribution in [-0.2, 0) is 11.2 Å². The first kappa shape index (κ1) is 16.9. The van der Waals surface area contributed by atoms with Crippen molar-refractivity contribution in [2.75, 3.05) is 21.3 Å². The minimum absolute atomic E-state index is 0.251. The maximum absolute atomic E-state index is 11.2. The number of carbonyl (C=O) groups excluding carboxylic acids is 1. The number of aromatic amines is 1. The van der Waals surface area contributed by atoms with Crippen molar-refractivity contribution in [1.82, 2.24) is 4.98 Å². The molecule has 0 aliphatic carbocycles. The Morgan fingerprint density at radius 1 is 1.04 bits per heavy atom. The predicted molar refractivity (Wildman–Crippen MR) is 97.9 cm³/mol. The fourth-order valence-electron chi connectivity index (χ4n) is 3.26. The fraction of sp³-hybridized carbons (Fsp3) is 0.250. The standard InChI is InChI=1S/C20H21NO4/c1-12-14-7-5-6-8-15(14)21-18(12)17-13(9-10-22)11-16(23-2)19(24-3)20(17)25-4/h5-8,10-11,21H,9H2,1-4H3. The molecule has 0 amide bonds. The van der Waals surface area contributed by atoms with Gasteiger partial charge in [0.15, 0.2) is 11.5 Å². The average Bonchev–Trinajstić information content (AvgIpc) is 2.97. The Labute approximate surface area is 146 Å². The lowest BCUT2D eigenvalue weighted by atomic mass is 9.97. The number of benzene rings is 2. The van der Waals surface area contributed by atoms with Gasteiger partial charge in [0.25, 0.3) is 0 Å². The Morgan fingerprint density at radius 3 is 2.36 bits per heavy atom. The Morgan fingerprint density at radius 2 is 1.76 bits per heavy atom. The van der Waals surface area contributed by atoms with Crippen molar-refractivity contribution in [3.05, 3.63) is 41.5 Å². The number of H-pyrrole nitrogens is 1. The van der Waals surface area contributed by atoms with Crippen molar-refractivity contribution >= 4 is 17.2 Å². The second-order valence-electron chi connectivity index (χ2n) is 5.72. The summed E-state index contributed by atoms with van der Waals surface area (Å²) in [4.78, 5) is 14.7. The lowest BCUT2D eigenvalue weighted by Crippen LogP contribution is -2.02. The van der Waals surface area contributed by atoms with Crippen LogP contribution in [0.3, 0.4) is 0 Å². The van der Waals surface area contributed by atoms with E-state index in [1.54, 1.807) is 21.3 Å². The maximum atomic E-state index is 11.2. The first-order valence-electron chi connectivity index (χ1n) is 7.99. The molecule has 0 unspecified atom stereocenters. The van der Waals surface area contributed by atoms with Crippen molar-refractivity contribution in [2.45, 2.75) is 13.3 Å². The molecular formula is C20H21NO4. The van der Waals surface area contributed by atoms with E-state index in [1.807, 2.05) is 24.3 Å². The molecule has 0 radical (unpaired) electrons. The van der Waals surface area contributed by atoms with E-state index >= 15 is 0 Å². The molecular weight excluding hydrogens is 318 g/mol. The van der Waals surface area contributed by atoms with Crippen LogP contribution in [0, 0.1) is 6.92 Å². The zero-order chi connectivity index (χ0) is 18.0. The van der Waals surface area contributed by atoms with Gasteiger partial charge in [0.1, 0.15) is 6.29 Å². The van der Waals surface area contributed by atoms with E-state index in [2.05, 4.69) is 18.0 Å². The van der Waals surface area contributed by atoms with Gasteiger partial charge in [-0.1, -0.05) is 18.2 Å². The van der Waals surface area contributed by atoms with Crippen LogP contribution in [0.1, 0.15) is 11.1 Å². The van der Waals surface area contributed by atoms with E-state index in [0.29, 0.717) is 17.2 Å². The van der Waals surface area contributed by atoms with E-state index in [4.69, 9.17) is 14.2 Å². The average molecular weight is 339 g/mol. The van der Waals surface area contributed by atoms with Crippen molar-refractivity contribution < 1.29 is 19.0 Å². The third-order valence-corrected chi connectivity index (χ3v) is 4.43. The summed E-state index contributed by atoms with van der Waals surface area (Å²) < 4.78 is 16.6. The summed E-state index contributed by atoms with van der Waals surface area (Å²) in [6, 6.07) is 9.91. The van der Waals surface area contributed by atoms with Gasteiger partial charge in [0.05, 0.1) is 27.0 Å². The number of carbonyl (C=O) groups is 1. The topological polar surface area (TPSA) is 60.6 Å². The third-order valence-electron chi connectivity index (χ3n) is 4.43. The zero-order valence-electron chi connectivity index (χ0n) is 14.8. The molecule has 5 nitrogen and oxygen atoms in total. The molecule has 5 heteroatoms. The number of aromatic nitrogens is 1. The Hall–Kier alpha value is -2.95. The molecule has 0 aliphatic heterocycles. The molecule has 1 aromatic heterocycles. The van der Waals surface area contributed by atoms with Crippen LogP contribution in [0.25, 0.3) is 22.2 Å². The minimum Gasteiger partial charge on any atom is -0.493 e. The van der Waals surface area contributed by atoms with Gasteiger partial charge in [-0.05, 0) is 30.2 Å². The van der Waals surface area contributed by atoms with Gasteiger partial charge < -0.3 is 24.0 Å². The number of ether oxygens (including phenoxy) is 3. The quantitative estimate of drug-likeness (QED) is 0.692. The highest BCUT2D eigenvalue weighted by atomic mass is 16.5. The van der Waals surface area contributed by atoms with Crippen LogP contribution < -0.4 is 14.2 Å². The molecule has 0 atom stereocenters. The molecule has 2 aromatic carbocycles. The molecule has 0 saturated carbocycles. The van der Waals surface area contributed by atoms with Crippen LogP contribution in [0.4, 0.5) is 0 Å². The summed E-state index contributed by atoms with van der Waals surface area (Å²) in [5, 5.41) is 1.13. The van der Waals surface area contributed by atoms with Gasteiger partial charge in [-0.15, -0.1) is 0 Å². The lowest BCUT2D eigenvalue weighted by Gasteiger charge is -2.19. The summed E-state index contributed by atoms with van der Waals surface area (Å²) in [5.74, 6) is 1.59. The van der Waals surface area contributed by atoms with Gasteiger partial charge in [-0.2, -0.15) is 0 Å². The smallest absolute Gasteiger partial charge is 0.203 e. The van der Waals surface area contributed by atoms with E-state index in [-0.39, 0.29) is 6.42 Å². The van der Waals surface area contributed by atoms with E-state index in [0.717, 1.165) is 39.6 Å². The second kappa shape index (κ2) is 6.89. The summed E-state index contributed by atoms with van der Waals surface area (Å²) in [6.45, 7) is 2.05. The van der Waals surface area contributed by atoms with Crippen LogP contribution in [-0.4, -0.2) is 32.6 Å². The number of fused-ring (bicyclic) bond motifs is 1. The monoisotopic (exact) mass is 339 g/mol. The summed E-state index contributed by atoms with van der Waals surface area (Å²) in [7, 11) is 4.72. The van der Waals surface area contributed by atoms with Crippen molar-refractivity contribution in [3.63, 3.8) is 0 Å². The summed E-state index contributed by atoms with van der Waals surface area (Å²) in [5.41, 5.74) is 4.67. The number of hydrogen-bond donors (Lipinski definition) is 1. The number of aryl methyl sites for hydroxylation is 1. The van der Waals surface area contributed by atoms with Crippen LogP contribution in [0.15, 0.2) is 30.3 Å². The zero-order valence-corrected chi connectivity index (χ0v) is 14.8. The highest BCUT2D eigenvalue weighted by Crippen LogP contribution is 2.48. The molecule has 0 bridgehead atoms. The number of hydrogen-bond acceptors (Lipinski definition) is 4. The molecule has 0 fully saturated rings. The number of para-hydroxylation sites is 1. The SMILES string of the molecule is COc1cc(CC=O)c(-c2[nH]c3ccccc3c2C)c(OC)c1OC. The molecule has 0 spiro atoms. The largest absolute Gasteiger partial charge is 0.493 e. The summed E-state index contributed by atoms with van der Waals surface area (Å²) >= 11 is 0. The molecule has 130 valence electrons. The minimum atomic E-state index is 0.251. The number of nitrogens with one attached hydrogen (secondary N) is 1. The fourth-order valence-corrected chi connectivity index (χ4v) is 3.26. The number of methoxy groups -OCH3 is 3. The number of rotatable bonds is 6. The van der Waals surface area contributed by atoms with Gasteiger partial charge in [-0.3, -0.25) is 0 Å². The van der Waals surface area contributed by atoms with Crippen LogP contribution >= 0.6 is 0 Å². The summed E-state index contributed by atoms with van der Waals surface area (Å²) in [6.07, 6.45) is 1.13. The highest BCUT2D eigenvalue weighted by molar-refractivity contribution is 5.93. The highest BCUT2D eigenvalue weighted by Gasteiger charge is 2.24. The molecule has 1 N–H and O–H groups in total. The second-order valence-corrected chi connectivity index (χ2v) is 5.72. The molecule has 1 heterocycles. The maximum Gasteiger partial charge on any atom is 0.203 e. The first-order valence-corrected chi connectivity index (χ1v) is 7.99. The molecule has 3 aromatic rings. The van der Waals surface area contributed by atoms with Crippen molar-refractivity contribution in [3.8, 4) is 28.5 Å². The normalized spacial score (nSPS) is 10.7. The van der Waals surface area contributed by atoms with Crippen molar-refractivity contribution in [2.24, 2.45) is 0 Å². The van der Waals surface area contributed by atoms with E-state index in [9.17, 15) is 4.79 Å². The van der Waals surface area contributed by atoms with Crippen LogP contribution in [0.2, 0.25) is 0 Å². The van der Waals surface area contributed by atoms with Crippen molar-refractivity contribution in [1.29, 1.82) is 0 Å². The molecule has 0 aliphatic rings. The van der Waals surface area contributed by atoms with E-state index < -0.39 is 0 Å². The van der Waals surface area contributed by atoms with Crippen LogP contribution in [0.5, 0.6) is 17.2 Å².